The number of hydrogen-bond donors (Lipinski definition) is 2. The summed E-state index contributed by atoms with van der Waals surface area (Å²) in [5, 5.41) is 0. The normalized spacial score (nSPS) is 34.0. The zero-order valence-corrected chi connectivity index (χ0v) is 13.3. The molecule has 2 nitrogen and oxygen atoms in total. The maximum Gasteiger partial charge on any atom is 0.0925 e. The van der Waals surface area contributed by atoms with Gasteiger partial charge in [-0.05, 0) is 12.8 Å². The van der Waals surface area contributed by atoms with Gasteiger partial charge in [-0.3, -0.25) is 0 Å². The Morgan fingerprint density at radius 3 is 2.00 bits per heavy atom. The van der Waals surface area contributed by atoms with Crippen LogP contribution in [0.2, 0.25) is 0 Å². The maximum atomic E-state index is 6.20. The van der Waals surface area contributed by atoms with Crippen LogP contribution in [-0.2, 0) is 21.1 Å². The van der Waals surface area contributed by atoms with Crippen molar-refractivity contribution in [2.45, 2.75) is 32.7 Å². The number of nitrogens with two attached hydrogens (primary N) is 2. The van der Waals surface area contributed by atoms with Crippen molar-refractivity contribution < 1.29 is 21.1 Å². The topological polar surface area (TPSA) is 52.0 Å². The first-order valence-electron chi connectivity index (χ1n) is 3.89. The largest absolute Gasteiger partial charge is 0.329 e. The van der Waals surface area contributed by atoms with Crippen LogP contribution in [0.25, 0.3) is 0 Å². The summed E-state index contributed by atoms with van der Waals surface area (Å²) >= 11 is 4.90. The van der Waals surface area contributed by atoms with Crippen LogP contribution < -0.4 is 11.5 Å². The van der Waals surface area contributed by atoms with Crippen molar-refractivity contribution in [3.63, 3.8) is 0 Å². The monoisotopic (exact) mass is 575 g/mol. The SMILES string of the molecule is NCC1(N)CCCCC1(I)I.[Pt]. The number of hydrogen-bond acceptors (Lipinski definition) is 2. The third-order valence-electron chi connectivity index (χ3n) is 2.46. The van der Waals surface area contributed by atoms with Crippen molar-refractivity contribution in [3.05, 3.63) is 0 Å². The van der Waals surface area contributed by atoms with Gasteiger partial charge in [-0.2, -0.15) is 0 Å². The summed E-state index contributed by atoms with van der Waals surface area (Å²) in [5.74, 6) is 0. The summed E-state index contributed by atoms with van der Waals surface area (Å²) in [5.41, 5.74) is 11.7. The van der Waals surface area contributed by atoms with E-state index in [4.69, 9.17) is 11.5 Å². The molecule has 0 aromatic heterocycles. The van der Waals surface area contributed by atoms with Gasteiger partial charge in [-0.25, -0.2) is 0 Å². The summed E-state index contributed by atoms with van der Waals surface area (Å²) in [7, 11) is 0. The van der Waals surface area contributed by atoms with E-state index in [9.17, 15) is 0 Å². The van der Waals surface area contributed by atoms with E-state index in [1.807, 2.05) is 0 Å². The van der Waals surface area contributed by atoms with Crippen LogP contribution in [0.15, 0.2) is 0 Å². The van der Waals surface area contributed by atoms with Crippen molar-refractivity contribution in [2.75, 3.05) is 6.54 Å². The van der Waals surface area contributed by atoms with E-state index in [1.54, 1.807) is 0 Å². The molecule has 0 amide bonds. The molecule has 1 atom stereocenters. The third-order valence-corrected chi connectivity index (χ3v) is 5.68. The second-order valence-electron chi connectivity index (χ2n) is 3.27. The Morgan fingerprint density at radius 1 is 1.17 bits per heavy atom. The summed E-state index contributed by atoms with van der Waals surface area (Å²) in [6.07, 6.45) is 4.81. The molecule has 1 fully saturated rings. The van der Waals surface area contributed by atoms with Gasteiger partial charge in [0.05, 0.1) is 6.97 Å². The Labute approximate surface area is 116 Å². The first-order valence-corrected chi connectivity index (χ1v) is 6.04. The molecule has 0 bridgehead atoms. The van der Waals surface area contributed by atoms with Gasteiger partial charge in [0.1, 0.15) is 0 Å². The van der Waals surface area contributed by atoms with Crippen LogP contribution >= 0.6 is 45.2 Å². The van der Waals surface area contributed by atoms with Crippen molar-refractivity contribution in [1.82, 2.24) is 0 Å². The van der Waals surface area contributed by atoms with E-state index in [-0.39, 0.29) is 28.0 Å². The molecule has 0 spiro atoms. The maximum absolute atomic E-state index is 6.20. The first-order chi connectivity index (χ1) is 5.02. The van der Waals surface area contributed by atoms with Crippen LogP contribution in [0.5, 0.6) is 0 Å². The van der Waals surface area contributed by atoms with E-state index >= 15 is 0 Å². The van der Waals surface area contributed by atoms with E-state index < -0.39 is 0 Å². The molecule has 0 heterocycles. The van der Waals surface area contributed by atoms with Gasteiger partial charge in [0.25, 0.3) is 0 Å². The van der Waals surface area contributed by atoms with E-state index in [0.29, 0.717) is 6.54 Å². The van der Waals surface area contributed by atoms with Crippen molar-refractivity contribution in [3.8, 4) is 0 Å². The molecule has 12 heavy (non-hydrogen) atoms. The fraction of sp³-hybridized carbons (Fsp3) is 1.00. The van der Waals surface area contributed by atoms with Crippen molar-refractivity contribution >= 4 is 45.2 Å². The molecule has 1 saturated carbocycles. The molecule has 0 radical (unpaired) electrons. The minimum atomic E-state index is -0.133. The predicted octanol–water partition coefficient (Wildman–Crippen LogP) is 1.78. The average Bonchev–Trinajstić information content (AvgIpc) is 1.95. The molecule has 1 aliphatic rings. The Balaban J connectivity index is 0.00000121. The third kappa shape index (κ3) is 2.78. The fourth-order valence-electron chi connectivity index (χ4n) is 1.47. The Morgan fingerprint density at radius 2 is 1.67 bits per heavy atom. The second kappa shape index (κ2) is 5.23. The van der Waals surface area contributed by atoms with Crippen LogP contribution in [0.4, 0.5) is 0 Å². The zero-order valence-electron chi connectivity index (χ0n) is 6.76. The molecule has 1 aliphatic carbocycles. The minimum absolute atomic E-state index is 0. The van der Waals surface area contributed by atoms with Gasteiger partial charge in [-0.1, -0.05) is 58.0 Å². The van der Waals surface area contributed by atoms with Crippen LogP contribution in [-0.4, -0.2) is 13.5 Å². The molecule has 0 aromatic rings. The Hall–Kier alpha value is 2.07. The predicted molar refractivity (Wildman–Crippen MR) is 65.2 cm³/mol. The molecule has 1 unspecified atom stereocenters. The van der Waals surface area contributed by atoms with Gasteiger partial charge in [0, 0.05) is 27.6 Å². The van der Waals surface area contributed by atoms with Gasteiger partial charge in [0.15, 0.2) is 0 Å². The molecule has 0 aliphatic heterocycles. The zero-order chi connectivity index (χ0) is 8.54. The first kappa shape index (κ1) is 14.1. The smallest absolute Gasteiger partial charge is 0.0925 e. The molecule has 76 valence electrons. The molecular formula is C7H14I2N2Pt. The molecule has 4 N–H and O–H groups in total. The van der Waals surface area contributed by atoms with Crippen LogP contribution in [0.3, 0.4) is 0 Å². The van der Waals surface area contributed by atoms with Crippen molar-refractivity contribution in [2.24, 2.45) is 11.5 Å². The van der Waals surface area contributed by atoms with Gasteiger partial charge >= 0.3 is 0 Å². The molecule has 5 heteroatoms. The number of alkyl halides is 2. The van der Waals surface area contributed by atoms with Gasteiger partial charge in [0.2, 0.25) is 0 Å². The summed E-state index contributed by atoms with van der Waals surface area (Å²) in [4.78, 5) is 0. The van der Waals surface area contributed by atoms with Crippen molar-refractivity contribution in [1.29, 1.82) is 0 Å². The number of halogens is 2. The summed E-state index contributed by atoms with van der Waals surface area (Å²) in [6.45, 7) is 0.610. The van der Waals surface area contributed by atoms with E-state index in [0.717, 1.165) is 6.42 Å². The van der Waals surface area contributed by atoms with Crippen LogP contribution in [0.1, 0.15) is 25.7 Å². The second-order valence-corrected chi connectivity index (χ2v) is 9.02. The van der Waals surface area contributed by atoms with Gasteiger partial charge < -0.3 is 11.5 Å². The van der Waals surface area contributed by atoms with E-state index in [2.05, 4.69) is 45.2 Å². The Bertz CT molecular complexity index is 154. The van der Waals surface area contributed by atoms with E-state index in [1.165, 1.54) is 19.3 Å². The average molecular weight is 575 g/mol. The molecule has 0 saturated heterocycles. The minimum Gasteiger partial charge on any atom is -0.329 e. The van der Waals surface area contributed by atoms with Crippen LogP contribution in [0, 0.1) is 0 Å². The number of rotatable bonds is 1. The molecular weight excluding hydrogens is 561 g/mol. The van der Waals surface area contributed by atoms with Gasteiger partial charge in [-0.15, -0.1) is 0 Å². The molecule has 1 rings (SSSR count). The Kier molecular flexibility index (Phi) is 6.14. The fourth-order valence-corrected chi connectivity index (χ4v) is 3.21. The summed E-state index contributed by atoms with van der Waals surface area (Å²) in [6, 6.07) is 0. The quantitative estimate of drug-likeness (QED) is 0.371. The summed E-state index contributed by atoms with van der Waals surface area (Å²) < 4.78 is 0.176. The standard InChI is InChI=1S/C7H14I2N2.Pt/c8-7(9)4-2-1-3-6(7,11)5-10;/h1-5,10-11H2;. The molecule has 0 aromatic carbocycles.